The lowest BCUT2D eigenvalue weighted by molar-refractivity contribution is -0.147. The highest BCUT2D eigenvalue weighted by Gasteiger charge is 2.28. The number of ether oxygens (including phenoxy) is 1. The van der Waals surface area contributed by atoms with Gasteiger partial charge in [-0.3, -0.25) is 4.79 Å². The zero-order valence-corrected chi connectivity index (χ0v) is 18.4. The molecule has 1 aliphatic rings. The monoisotopic (exact) mass is 381 g/mol. The van der Waals surface area contributed by atoms with Gasteiger partial charge < -0.3 is 10.5 Å². The van der Waals surface area contributed by atoms with E-state index in [1.165, 1.54) is 89.9 Å². The van der Waals surface area contributed by atoms with Crippen LogP contribution in [0.2, 0.25) is 0 Å². The van der Waals surface area contributed by atoms with Crippen molar-refractivity contribution in [3.05, 3.63) is 0 Å². The van der Waals surface area contributed by atoms with Gasteiger partial charge in [0, 0.05) is 12.5 Å². The molecule has 2 N–H and O–H groups in total. The molecule has 1 fully saturated rings. The van der Waals surface area contributed by atoms with E-state index in [2.05, 4.69) is 13.8 Å². The molecule has 0 bridgehead atoms. The summed E-state index contributed by atoms with van der Waals surface area (Å²) in [5.41, 5.74) is 5.81. The SMILES string of the molecule is CCCCCCCCC(CCCCCCCC)COC(=O)CC1CC(N)C1. The first-order valence-electron chi connectivity index (χ1n) is 12.1. The Hall–Kier alpha value is -0.570. The minimum Gasteiger partial charge on any atom is -0.465 e. The number of hydrogen-bond acceptors (Lipinski definition) is 3. The number of carbonyl (C=O) groups excluding carboxylic acids is 1. The van der Waals surface area contributed by atoms with Crippen LogP contribution in [0.25, 0.3) is 0 Å². The predicted octanol–water partition coefficient (Wildman–Crippen LogP) is 6.77. The van der Waals surface area contributed by atoms with E-state index in [4.69, 9.17) is 10.5 Å². The number of esters is 1. The van der Waals surface area contributed by atoms with Crippen LogP contribution in [0.5, 0.6) is 0 Å². The summed E-state index contributed by atoms with van der Waals surface area (Å²) in [5.74, 6) is 1.04. The summed E-state index contributed by atoms with van der Waals surface area (Å²) in [6.07, 6.45) is 21.1. The Morgan fingerprint density at radius 1 is 0.852 bits per heavy atom. The molecule has 0 aliphatic heterocycles. The molecule has 160 valence electrons. The van der Waals surface area contributed by atoms with Crippen LogP contribution in [0.4, 0.5) is 0 Å². The fourth-order valence-corrected chi connectivity index (χ4v) is 4.20. The van der Waals surface area contributed by atoms with Crippen LogP contribution in [0.1, 0.15) is 123 Å². The first kappa shape index (κ1) is 24.5. The normalized spacial score (nSPS) is 19.3. The molecule has 27 heavy (non-hydrogen) atoms. The molecule has 0 saturated heterocycles. The van der Waals surface area contributed by atoms with Gasteiger partial charge in [0.05, 0.1) is 6.61 Å². The number of unbranched alkanes of at least 4 members (excludes halogenated alkanes) is 10. The van der Waals surface area contributed by atoms with Gasteiger partial charge in [0.15, 0.2) is 0 Å². The molecule has 0 atom stereocenters. The average molecular weight is 382 g/mol. The van der Waals surface area contributed by atoms with E-state index in [0.29, 0.717) is 30.9 Å². The lowest BCUT2D eigenvalue weighted by atomic mass is 9.79. The third kappa shape index (κ3) is 13.3. The minimum absolute atomic E-state index is 0.00258. The zero-order valence-electron chi connectivity index (χ0n) is 18.4. The maximum absolute atomic E-state index is 12.1. The molecule has 3 nitrogen and oxygen atoms in total. The summed E-state index contributed by atoms with van der Waals surface area (Å²) in [6, 6.07) is 0.316. The van der Waals surface area contributed by atoms with Gasteiger partial charge in [0.2, 0.25) is 0 Å². The second-order valence-corrected chi connectivity index (χ2v) is 8.96. The second kappa shape index (κ2) is 16.4. The Kier molecular flexibility index (Phi) is 14.9. The molecule has 1 rings (SSSR count). The average Bonchev–Trinajstić information content (AvgIpc) is 2.63. The smallest absolute Gasteiger partial charge is 0.306 e. The Morgan fingerprint density at radius 3 is 1.81 bits per heavy atom. The first-order valence-corrected chi connectivity index (χ1v) is 12.1. The lowest BCUT2D eigenvalue weighted by Gasteiger charge is -2.31. The summed E-state index contributed by atoms with van der Waals surface area (Å²) in [4.78, 5) is 12.1. The lowest BCUT2D eigenvalue weighted by Crippen LogP contribution is -2.37. The molecule has 0 radical (unpaired) electrons. The molecule has 1 aliphatic carbocycles. The number of hydrogen-bond donors (Lipinski definition) is 1. The third-order valence-electron chi connectivity index (χ3n) is 6.14. The standard InChI is InChI=1S/C24H47NO2/c1-3-5-7-9-11-13-15-21(16-14-12-10-8-6-4-2)20-27-24(26)19-22-17-23(25)18-22/h21-23H,3-20,25H2,1-2H3. The molecule has 0 unspecified atom stereocenters. The van der Waals surface area contributed by atoms with Crippen LogP contribution in [-0.4, -0.2) is 18.6 Å². The number of nitrogens with two attached hydrogens (primary N) is 1. The van der Waals surface area contributed by atoms with Crippen LogP contribution < -0.4 is 5.73 Å². The summed E-state index contributed by atoms with van der Waals surface area (Å²) >= 11 is 0. The van der Waals surface area contributed by atoms with Crippen LogP contribution in [0, 0.1) is 11.8 Å². The Balaban J connectivity index is 2.18. The van der Waals surface area contributed by atoms with E-state index in [9.17, 15) is 4.79 Å². The maximum Gasteiger partial charge on any atom is 0.306 e. The van der Waals surface area contributed by atoms with Gasteiger partial charge in [-0.15, -0.1) is 0 Å². The van der Waals surface area contributed by atoms with E-state index in [1.807, 2.05) is 0 Å². The summed E-state index contributed by atoms with van der Waals surface area (Å²) in [6.45, 7) is 5.17. The van der Waals surface area contributed by atoms with Crippen LogP contribution in [0.15, 0.2) is 0 Å². The first-order chi connectivity index (χ1) is 13.2. The van der Waals surface area contributed by atoms with Crippen LogP contribution >= 0.6 is 0 Å². The van der Waals surface area contributed by atoms with Gasteiger partial charge in [0.1, 0.15) is 0 Å². The van der Waals surface area contributed by atoms with Crippen molar-refractivity contribution in [2.24, 2.45) is 17.6 Å². The van der Waals surface area contributed by atoms with Gasteiger partial charge in [-0.25, -0.2) is 0 Å². The van der Waals surface area contributed by atoms with Crippen molar-refractivity contribution >= 4 is 5.97 Å². The van der Waals surface area contributed by atoms with Gasteiger partial charge in [-0.1, -0.05) is 90.9 Å². The Morgan fingerprint density at radius 2 is 1.33 bits per heavy atom. The summed E-state index contributed by atoms with van der Waals surface area (Å²) < 4.78 is 5.66. The highest BCUT2D eigenvalue weighted by molar-refractivity contribution is 5.69. The van der Waals surface area contributed by atoms with E-state index in [1.54, 1.807) is 0 Å². The van der Waals surface area contributed by atoms with Crippen molar-refractivity contribution in [3.8, 4) is 0 Å². The molecular formula is C24H47NO2. The molecule has 0 aromatic carbocycles. The number of rotatable bonds is 18. The molecule has 0 aromatic heterocycles. The van der Waals surface area contributed by atoms with Gasteiger partial charge in [-0.05, 0) is 37.5 Å². The Bertz CT molecular complexity index is 336. The molecular weight excluding hydrogens is 334 g/mol. The molecule has 3 heteroatoms. The minimum atomic E-state index is 0.00258. The van der Waals surface area contributed by atoms with Crippen molar-refractivity contribution in [3.63, 3.8) is 0 Å². The van der Waals surface area contributed by atoms with E-state index in [0.717, 1.165) is 12.8 Å². The highest BCUT2D eigenvalue weighted by atomic mass is 16.5. The quantitative estimate of drug-likeness (QED) is 0.210. The van der Waals surface area contributed by atoms with Crippen LogP contribution in [0.3, 0.4) is 0 Å². The van der Waals surface area contributed by atoms with Crippen molar-refractivity contribution < 1.29 is 9.53 Å². The molecule has 0 amide bonds. The van der Waals surface area contributed by atoms with E-state index in [-0.39, 0.29) is 5.97 Å². The molecule has 0 aromatic rings. The van der Waals surface area contributed by atoms with Crippen LogP contribution in [-0.2, 0) is 9.53 Å². The zero-order chi connectivity index (χ0) is 19.7. The Labute approximate surface area is 169 Å². The maximum atomic E-state index is 12.1. The molecule has 0 heterocycles. The van der Waals surface area contributed by atoms with Gasteiger partial charge in [-0.2, -0.15) is 0 Å². The largest absolute Gasteiger partial charge is 0.465 e. The molecule has 0 spiro atoms. The topological polar surface area (TPSA) is 52.3 Å². The fourth-order valence-electron chi connectivity index (χ4n) is 4.20. The van der Waals surface area contributed by atoms with Gasteiger partial charge >= 0.3 is 5.97 Å². The van der Waals surface area contributed by atoms with Gasteiger partial charge in [0.25, 0.3) is 0 Å². The predicted molar refractivity (Wildman–Crippen MR) is 116 cm³/mol. The van der Waals surface area contributed by atoms with Crippen molar-refractivity contribution in [1.82, 2.24) is 0 Å². The third-order valence-corrected chi connectivity index (χ3v) is 6.14. The van der Waals surface area contributed by atoms with Crippen molar-refractivity contribution in [2.75, 3.05) is 6.61 Å². The summed E-state index contributed by atoms with van der Waals surface area (Å²) in [5, 5.41) is 0. The van der Waals surface area contributed by atoms with Crippen molar-refractivity contribution in [2.45, 2.75) is 129 Å². The second-order valence-electron chi connectivity index (χ2n) is 8.96. The fraction of sp³-hybridized carbons (Fsp3) is 0.958. The van der Waals surface area contributed by atoms with E-state index >= 15 is 0 Å². The van der Waals surface area contributed by atoms with E-state index < -0.39 is 0 Å². The number of carbonyl (C=O) groups is 1. The molecule has 1 saturated carbocycles. The highest BCUT2D eigenvalue weighted by Crippen LogP contribution is 2.29. The summed E-state index contributed by atoms with van der Waals surface area (Å²) in [7, 11) is 0. The van der Waals surface area contributed by atoms with Crippen molar-refractivity contribution in [1.29, 1.82) is 0 Å².